The monoisotopic (exact) mass is 218 g/mol. The molecule has 1 N–H and O–H groups in total. The molecule has 1 aliphatic rings. The summed E-state index contributed by atoms with van der Waals surface area (Å²) in [5.41, 5.74) is 0. The van der Waals surface area contributed by atoms with E-state index in [9.17, 15) is 4.79 Å². The van der Waals surface area contributed by atoms with Crippen LogP contribution in [0.2, 0.25) is 5.02 Å². The molecule has 0 saturated heterocycles. The van der Waals surface area contributed by atoms with Crippen LogP contribution in [0, 0.1) is 0 Å². The average Bonchev–Trinajstić information content (AvgIpc) is 2.45. The standard InChI is InChI=1S/C8H7ClO3S/c9-5-6-4(2-1-3-12-6)13-7(5)8(10)11/h1-3H2,(H,10,11). The molecule has 0 amide bonds. The molecule has 2 rings (SSSR count). The maximum absolute atomic E-state index is 10.7. The minimum atomic E-state index is -0.979. The minimum absolute atomic E-state index is 0.188. The highest BCUT2D eigenvalue weighted by Crippen LogP contribution is 2.42. The van der Waals surface area contributed by atoms with Crippen molar-refractivity contribution in [3.8, 4) is 5.75 Å². The Hall–Kier alpha value is -0.740. The first-order valence-corrected chi connectivity index (χ1v) is 5.07. The summed E-state index contributed by atoms with van der Waals surface area (Å²) < 4.78 is 5.30. The van der Waals surface area contributed by atoms with Gasteiger partial charge in [0.25, 0.3) is 0 Å². The largest absolute Gasteiger partial charge is 0.491 e. The van der Waals surface area contributed by atoms with Crippen molar-refractivity contribution in [2.45, 2.75) is 12.8 Å². The van der Waals surface area contributed by atoms with E-state index in [0.717, 1.165) is 17.7 Å². The number of thiophene rings is 1. The lowest BCUT2D eigenvalue weighted by Crippen LogP contribution is -2.05. The Bertz CT molecular complexity index is 359. The van der Waals surface area contributed by atoms with E-state index < -0.39 is 5.97 Å². The van der Waals surface area contributed by atoms with Gasteiger partial charge in [-0.3, -0.25) is 0 Å². The molecule has 0 bridgehead atoms. The highest BCUT2D eigenvalue weighted by Gasteiger charge is 2.24. The summed E-state index contributed by atoms with van der Waals surface area (Å²) in [5, 5.41) is 9.04. The molecule has 0 fully saturated rings. The predicted octanol–water partition coefficient (Wildman–Crippen LogP) is 2.42. The third-order valence-corrected chi connectivity index (χ3v) is 3.56. The van der Waals surface area contributed by atoms with Crippen molar-refractivity contribution in [3.63, 3.8) is 0 Å². The first-order chi connectivity index (χ1) is 6.20. The molecule has 0 saturated carbocycles. The van der Waals surface area contributed by atoms with Crippen LogP contribution in [0.25, 0.3) is 0 Å². The Kier molecular flexibility index (Phi) is 2.17. The molecule has 3 nitrogen and oxygen atoms in total. The summed E-state index contributed by atoms with van der Waals surface area (Å²) in [7, 11) is 0. The molecule has 5 heteroatoms. The number of hydrogen-bond acceptors (Lipinski definition) is 3. The van der Waals surface area contributed by atoms with Crippen molar-refractivity contribution >= 4 is 28.9 Å². The second kappa shape index (κ2) is 3.20. The summed E-state index contributed by atoms with van der Waals surface area (Å²) in [6.07, 6.45) is 1.80. The fourth-order valence-electron chi connectivity index (χ4n) is 1.29. The fourth-order valence-corrected chi connectivity index (χ4v) is 2.73. The lowest BCUT2D eigenvalue weighted by molar-refractivity contribution is 0.0702. The van der Waals surface area contributed by atoms with E-state index in [1.165, 1.54) is 11.3 Å². The third kappa shape index (κ3) is 1.40. The number of aromatic carboxylic acids is 1. The number of hydrogen-bond donors (Lipinski definition) is 1. The van der Waals surface area contributed by atoms with Gasteiger partial charge in [-0.05, 0) is 12.8 Å². The molecule has 70 valence electrons. The van der Waals surface area contributed by atoms with Crippen molar-refractivity contribution in [2.24, 2.45) is 0 Å². The van der Waals surface area contributed by atoms with Gasteiger partial charge in [0.15, 0.2) is 5.75 Å². The molecule has 13 heavy (non-hydrogen) atoms. The number of ether oxygens (including phenoxy) is 1. The van der Waals surface area contributed by atoms with E-state index in [4.69, 9.17) is 21.4 Å². The van der Waals surface area contributed by atoms with Gasteiger partial charge in [-0.1, -0.05) is 11.6 Å². The topological polar surface area (TPSA) is 46.5 Å². The minimum Gasteiger partial charge on any atom is -0.491 e. The molecule has 1 aromatic rings. The van der Waals surface area contributed by atoms with E-state index in [1.807, 2.05) is 0 Å². The summed E-state index contributed by atoms with van der Waals surface area (Å²) in [4.78, 5) is 11.9. The van der Waals surface area contributed by atoms with Crippen LogP contribution in [0.5, 0.6) is 5.75 Å². The normalized spacial score (nSPS) is 14.8. The third-order valence-electron chi connectivity index (χ3n) is 1.87. The first-order valence-electron chi connectivity index (χ1n) is 3.87. The maximum Gasteiger partial charge on any atom is 0.347 e. The zero-order chi connectivity index (χ0) is 9.42. The average molecular weight is 219 g/mol. The van der Waals surface area contributed by atoms with Crippen LogP contribution in [0.4, 0.5) is 0 Å². The van der Waals surface area contributed by atoms with Crippen molar-refractivity contribution < 1.29 is 14.6 Å². The van der Waals surface area contributed by atoms with E-state index in [0.29, 0.717) is 12.4 Å². The molecule has 0 aromatic carbocycles. The summed E-state index contributed by atoms with van der Waals surface area (Å²) in [6, 6.07) is 0. The van der Waals surface area contributed by atoms with Crippen LogP contribution in [0.1, 0.15) is 21.0 Å². The second-order valence-corrected chi connectivity index (χ2v) is 4.24. The highest BCUT2D eigenvalue weighted by atomic mass is 35.5. The first kappa shape index (κ1) is 8.84. The number of carbonyl (C=O) groups is 1. The molecule has 0 radical (unpaired) electrons. The smallest absolute Gasteiger partial charge is 0.347 e. The van der Waals surface area contributed by atoms with Crippen molar-refractivity contribution in [1.82, 2.24) is 0 Å². The number of halogens is 1. The van der Waals surface area contributed by atoms with Gasteiger partial charge in [0.2, 0.25) is 0 Å². The molecule has 0 unspecified atom stereocenters. The number of carboxylic acids is 1. The van der Waals surface area contributed by atoms with Gasteiger partial charge in [0.05, 0.1) is 6.61 Å². The zero-order valence-electron chi connectivity index (χ0n) is 6.67. The quantitative estimate of drug-likeness (QED) is 0.788. The molecule has 1 aromatic heterocycles. The Morgan fingerprint density at radius 1 is 1.62 bits per heavy atom. The second-order valence-electron chi connectivity index (χ2n) is 2.75. The summed E-state index contributed by atoms with van der Waals surface area (Å²) >= 11 is 7.06. The lowest BCUT2D eigenvalue weighted by atomic mass is 10.2. The van der Waals surface area contributed by atoms with Gasteiger partial charge >= 0.3 is 5.97 Å². The van der Waals surface area contributed by atoms with Crippen LogP contribution in [0.3, 0.4) is 0 Å². The van der Waals surface area contributed by atoms with Gasteiger partial charge < -0.3 is 9.84 Å². The van der Waals surface area contributed by atoms with Crippen LogP contribution < -0.4 is 4.74 Å². The Balaban J connectivity index is 2.50. The van der Waals surface area contributed by atoms with E-state index >= 15 is 0 Å². The molecule has 1 aliphatic heterocycles. The van der Waals surface area contributed by atoms with Crippen molar-refractivity contribution in [3.05, 3.63) is 14.8 Å². The zero-order valence-corrected chi connectivity index (χ0v) is 8.24. The van der Waals surface area contributed by atoms with Gasteiger partial charge in [-0.2, -0.15) is 0 Å². The lowest BCUT2D eigenvalue weighted by Gasteiger charge is -2.12. The molecular formula is C8H7ClO3S. The Labute approximate surface area is 83.9 Å². The summed E-state index contributed by atoms with van der Waals surface area (Å²) in [6.45, 7) is 0.627. The van der Waals surface area contributed by atoms with Gasteiger partial charge in [0, 0.05) is 4.88 Å². The van der Waals surface area contributed by atoms with Gasteiger partial charge in [-0.15, -0.1) is 11.3 Å². The number of aryl methyl sites for hydroxylation is 1. The molecule has 0 spiro atoms. The number of fused-ring (bicyclic) bond motifs is 1. The fraction of sp³-hybridized carbons (Fsp3) is 0.375. The van der Waals surface area contributed by atoms with Crippen LogP contribution in [-0.4, -0.2) is 17.7 Å². The molecule has 0 aliphatic carbocycles. The highest BCUT2D eigenvalue weighted by molar-refractivity contribution is 7.15. The summed E-state index contributed by atoms with van der Waals surface area (Å²) in [5.74, 6) is -0.400. The van der Waals surface area contributed by atoms with Crippen molar-refractivity contribution in [2.75, 3.05) is 6.61 Å². The Morgan fingerprint density at radius 3 is 3.00 bits per heavy atom. The van der Waals surface area contributed by atoms with Crippen molar-refractivity contribution in [1.29, 1.82) is 0 Å². The van der Waals surface area contributed by atoms with Gasteiger partial charge in [0.1, 0.15) is 9.90 Å². The van der Waals surface area contributed by atoms with Crippen LogP contribution in [-0.2, 0) is 6.42 Å². The molecule has 2 heterocycles. The van der Waals surface area contributed by atoms with E-state index in [-0.39, 0.29) is 9.90 Å². The van der Waals surface area contributed by atoms with Gasteiger partial charge in [-0.25, -0.2) is 4.79 Å². The predicted molar refractivity (Wildman–Crippen MR) is 50.1 cm³/mol. The Morgan fingerprint density at radius 2 is 2.38 bits per heavy atom. The molecular weight excluding hydrogens is 212 g/mol. The van der Waals surface area contributed by atoms with E-state index in [1.54, 1.807) is 0 Å². The molecule has 0 atom stereocenters. The van der Waals surface area contributed by atoms with Crippen LogP contribution in [0.15, 0.2) is 0 Å². The van der Waals surface area contributed by atoms with Crippen LogP contribution >= 0.6 is 22.9 Å². The number of rotatable bonds is 1. The maximum atomic E-state index is 10.7. The SMILES string of the molecule is O=C(O)c1sc2c(c1Cl)OCCC2. The number of carboxylic acid groups (broad SMARTS) is 1. The van der Waals surface area contributed by atoms with E-state index in [2.05, 4.69) is 0 Å².